The number of benzene rings is 2. The Morgan fingerprint density at radius 3 is 2.42 bits per heavy atom. The van der Waals surface area contributed by atoms with Gasteiger partial charge in [-0.05, 0) is 42.8 Å². The monoisotopic (exact) mass is 386 g/mol. The molecule has 0 fully saturated rings. The van der Waals surface area contributed by atoms with E-state index in [0.717, 1.165) is 12.1 Å². The molecule has 140 valence electrons. The van der Waals surface area contributed by atoms with Crippen LogP contribution in [0.15, 0.2) is 47.4 Å². The Morgan fingerprint density at radius 2 is 1.81 bits per heavy atom. The maximum absolute atomic E-state index is 12.8. The van der Waals surface area contributed by atoms with E-state index >= 15 is 0 Å². The highest BCUT2D eigenvalue weighted by atomic mass is 32.2. The summed E-state index contributed by atoms with van der Waals surface area (Å²) < 4.78 is 64.7. The molecular formula is C17H17F3N2O3S. The number of hydrogen-bond donors (Lipinski definition) is 2. The minimum atomic E-state index is -4.53. The maximum Gasteiger partial charge on any atom is 0.416 e. The highest BCUT2D eigenvalue weighted by Gasteiger charge is 2.30. The Kier molecular flexibility index (Phi) is 5.72. The van der Waals surface area contributed by atoms with Gasteiger partial charge in [-0.2, -0.15) is 13.2 Å². The number of alkyl halides is 3. The highest BCUT2D eigenvalue weighted by Crippen LogP contribution is 2.30. The van der Waals surface area contributed by atoms with Gasteiger partial charge in [-0.3, -0.25) is 4.79 Å². The number of sulfonamides is 1. The van der Waals surface area contributed by atoms with E-state index in [1.807, 2.05) is 0 Å². The van der Waals surface area contributed by atoms with Crippen molar-refractivity contribution in [2.45, 2.75) is 24.9 Å². The van der Waals surface area contributed by atoms with Crippen molar-refractivity contribution < 1.29 is 26.4 Å². The molecule has 9 heteroatoms. The largest absolute Gasteiger partial charge is 0.416 e. The van der Waals surface area contributed by atoms with Crippen molar-refractivity contribution in [3.63, 3.8) is 0 Å². The van der Waals surface area contributed by atoms with Gasteiger partial charge in [-0.15, -0.1) is 0 Å². The highest BCUT2D eigenvalue weighted by molar-refractivity contribution is 7.89. The fourth-order valence-electron chi connectivity index (χ4n) is 2.26. The third-order valence-electron chi connectivity index (χ3n) is 3.55. The van der Waals surface area contributed by atoms with E-state index in [1.54, 1.807) is 13.8 Å². The third kappa shape index (κ3) is 4.61. The van der Waals surface area contributed by atoms with E-state index in [2.05, 4.69) is 10.0 Å². The molecule has 0 spiro atoms. The molecule has 2 rings (SSSR count). The van der Waals surface area contributed by atoms with Crippen LogP contribution in [0, 0.1) is 6.92 Å². The van der Waals surface area contributed by atoms with Gasteiger partial charge in [0.15, 0.2) is 0 Å². The Hall–Kier alpha value is -2.39. The van der Waals surface area contributed by atoms with Gasteiger partial charge >= 0.3 is 6.18 Å². The zero-order valence-corrected chi connectivity index (χ0v) is 14.8. The first-order chi connectivity index (χ1) is 12.0. The van der Waals surface area contributed by atoms with Gasteiger partial charge in [0.05, 0.1) is 10.5 Å². The van der Waals surface area contributed by atoms with Crippen LogP contribution in [0.3, 0.4) is 0 Å². The Morgan fingerprint density at radius 1 is 1.12 bits per heavy atom. The van der Waals surface area contributed by atoms with E-state index < -0.39 is 27.7 Å². The smallest absolute Gasteiger partial charge is 0.322 e. The van der Waals surface area contributed by atoms with Crippen LogP contribution >= 0.6 is 0 Å². The normalized spacial score (nSPS) is 12.0. The lowest BCUT2D eigenvalue weighted by Gasteiger charge is -2.12. The van der Waals surface area contributed by atoms with Crippen LogP contribution in [0.2, 0.25) is 0 Å². The molecule has 0 saturated heterocycles. The van der Waals surface area contributed by atoms with E-state index in [0.29, 0.717) is 5.56 Å². The second-order valence-corrected chi connectivity index (χ2v) is 7.28. The standard InChI is InChI=1S/C17H17F3N2O3S/c1-3-21-26(24,25)14-8-7-11(2)15(10-14)16(23)22-13-6-4-5-12(9-13)17(18,19)20/h4-10,21H,3H2,1-2H3,(H,22,23). The van der Waals surface area contributed by atoms with Crippen molar-refractivity contribution in [1.29, 1.82) is 0 Å². The summed E-state index contributed by atoms with van der Waals surface area (Å²) in [5.41, 5.74) is -0.383. The molecule has 0 bridgehead atoms. The number of anilines is 1. The fourth-order valence-corrected chi connectivity index (χ4v) is 3.32. The molecule has 2 N–H and O–H groups in total. The molecule has 0 aromatic heterocycles. The first-order valence-electron chi connectivity index (χ1n) is 7.63. The molecular weight excluding hydrogens is 369 g/mol. The number of amides is 1. The summed E-state index contributed by atoms with van der Waals surface area (Å²) in [6, 6.07) is 8.21. The van der Waals surface area contributed by atoms with Gasteiger partial charge in [-0.1, -0.05) is 19.1 Å². The Bertz CT molecular complexity index is 925. The van der Waals surface area contributed by atoms with Crippen molar-refractivity contribution in [3.8, 4) is 0 Å². The molecule has 0 aliphatic heterocycles. The molecule has 26 heavy (non-hydrogen) atoms. The number of carbonyl (C=O) groups excluding carboxylic acids is 1. The van der Waals surface area contributed by atoms with E-state index in [9.17, 15) is 26.4 Å². The maximum atomic E-state index is 12.8. The van der Waals surface area contributed by atoms with Crippen LogP contribution in [-0.2, 0) is 16.2 Å². The number of aryl methyl sites for hydroxylation is 1. The fraction of sp³-hybridized carbons (Fsp3) is 0.235. The van der Waals surface area contributed by atoms with Gasteiger partial charge in [0.25, 0.3) is 5.91 Å². The van der Waals surface area contributed by atoms with Crippen LogP contribution in [0.25, 0.3) is 0 Å². The molecule has 0 saturated carbocycles. The number of nitrogens with one attached hydrogen (secondary N) is 2. The van der Waals surface area contributed by atoms with Gasteiger partial charge in [0, 0.05) is 17.8 Å². The van der Waals surface area contributed by atoms with Gasteiger partial charge in [-0.25, -0.2) is 13.1 Å². The molecule has 0 heterocycles. The van der Waals surface area contributed by atoms with Crippen molar-refractivity contribution in [2.75, 3.05) is 11.9 Å². The SMILES string of the molecule is CCNS(=O)(=O)c1ccc(C)c(C(=O)Nc2cccc(C(F)(F)F)c2)c1. The summed E-state index contributed by atoms with van der Waals surface area (Å²) in [4.78, 5) is 12.3. The van der Waals surface area contributed by atoms with Crippen molar-refractivity contribution in [3.05, 3.63) is 59.2 Å². The average Bonchev–Trinajstić information content (AvgIpc) is 2.54. The zero-order chi connectivity index (χ0) is 19.5. The van der Waals surface area contributed by atoms with Crippen LogP contribution < -0.4 is 10.0 Å². The Labute approximate surface area is 149 Å². The third-order valence-corrected chi connectivity index (χ3v) is 5.09. The molecule has 1 amide bonds. The van der Waals surface area contributed by atoms with Crippen LogP contribution in [-0.4, -0.2) is 20.9 Å². The summed E-state index contributed by atoms with van der Waals surface area (Å²) in [5, 5.41) is 2.37. The van der Waals surface area contributed by atoms with Crippen molar-refractivity contribution in [2.24, 2.45) is 0 Å². The predicted molar refractivity (Wildman–Crippen MR) is 91.4 cm³/mol. The number of halogens is 3. The Balaban J connectivity index is 2.33. The topological polar surface area (TPSA) is 75.3 Å². The minimum absolute atomic E-state index is 0.0378. The summed E-state index contributed by atoms with van der Waals surface area (Å²) in [7, 11) is -3.76. The minimum Gasteiger partial charge on any atom is -0.322 e. The van der Waals surface area contributed by atoms with Gasteiger partial charge in [0.2, 0.25) is 10.0 Å². The number of hydrogen-bond acceptors (Lipinski definition) is 3. The first kappa shape index (κ1) is 19.9. The quantitative estimate of drug-likeness (QED) is 0.825. The van der Waals surface area contributed by atoms with E-state index in [4.69, 9.17) is 0 Å². The lowest BCUT2D eigenvalue weighted by Crippen LogP contribution is -2.24. The van der Waals surface area contributed by atoms with Crippen LogP contribution in [0.1, 0.15) is 28.4 Å². The first-order valence-corrected chi connectivity index (χ1v) is 9.12. The lowest BCUT2D eigenvalue weighted by molar-refractivity contribution is -0.137. The molecule has 0 aliphatic carbocycles. The molecule has 0 radical (unpaired) electrons. The lowest BCUT2D eigenvalue weighted by atomic mass is 10.1. The molecule has 2 aromatic rings. The van der Waals surface area contributed by atoms with Gasteiger partial charge in [0.1, 0.15) is 0 Å². The zero-order valence-electron chi connectivity index (χ0n) is 14.0. The number of carbonyl (C=O) groups is 1. The summed E-state index contributed by atoms with van der Waals surface area (Å²) in [6.07, 6.45) is -4.53. The van der Waals surface area contributed by atoms with Crippen LogP contribution in [0.5, 0.6) is 0 Å². The van der Waals surface area contributed by atoms with E-state index in [1.165, 1.54) is 30.3 Å². The molecule has 0 unspecified atom stereocenters. The summed E-state index contributed by atoms with van der Waals surface area (Å²) in [6.45, 7) is 3.40. The summed E-state index contributed by atoms with van der Waals surface area (Å²) >= 11 is 0. The van der Waals surface area contributed by atoms with Crippen molar-refractivity contribution in [1.82, 2.24) is 4.72 Å². The predicted octanol–water partition coefficient (Wildman–Crippen LogP) is 3.56. The number of rotatable bonds is 5. The average molecular weight is 386 g/mol. The van der Waals surface area contributed by atoms with Crippen molar-refractivity contribution >= 4 is 21.6 Å². The molecule has 2 aromatic carbocycles. The van der Waals surface area contributed by atoms with E-state index in [-0.39, 0.29) is 22.7 Å². The van der Waals surface area contributed by atoms with Gasteiger partial charge < -0.3 is 5.32 Å². The molecule has 0 aliphatic rings. The van der Waals surface area contributed by atoms with Crippen LogP contribution in [0.4, 0.5) is 18.9 Å². The summed E-state index contributed by atoms with van der Waals surface area (Å²) in [5.74, 6) is -0.699. The molecule has 0 atom stereocenters. The molecule has 5 nitrogen and oxygen atoms in total. The second kappa shape index (κ2) is 7.46. The second-order valence-electron chi connectivity index (χ2n) is 5.51.